The average Bonchev–Trinajstić information content (AvgIpc) is 2.96. The van der Waals surface area contributed by atoms with E-state index in [1.54, 1.807) is 0 Å². The smallest absolute Gasteiger partial charge is 0.324 e. The molecule has 2 heterocycles. The van der Waals surface area contributed by atoms with Crippen molar-refractivity contribution in [2.75, 3.05) is 32.2 Å². The first kappa shape index (κ1) is 13.8. The predicted octanol–water partition coefficient (Wildman–Crippen LogP) is 1.26. The highest BCUT2D eigenvalue weighted by atomic mass is 16.5. The van der Waals surface area contributed by atoms with Gasteiger partial charge in [-0.3, -0.25) is 0 Å². The fourth-order valence-electron chi connectivity index (χ4n) is 1.75. The van der Waals surface area contributed by atoms with Crippen LogP contribution < -0.4 is 14.8 Å². The van der Waals surface area contributed by atoms with Crippen LogP contribution in [0.3, 0.4) is 0 Å². The minimum absolute atomic E-state index is 0.134. The molecule has 0 saturated carbocycles. The Morgan fingerprint density at radius 3 is 2.84 bits per heavy atom. The first-order valence-corrected chi connectivity index (χ1v) is 6.60. The van der Waals surface area contributed by atoms with Gasteiger partial charge in [-0.25, -0.2) is 0 Å². The standard InChI is InChI=1S/C12H20N4O3/c1-3-6-13-10-14-11(17-2)16-12(15-10)19-8-9-5-4-7-18-9/h9H,3-8H2,1-2H3,(H,13,14,15,16). The molecule has 1 aliphatic heterocycles. The second-order valence-electron chi connectivity index (χ2n) is 4.30. The molecule has 2 rings (SSSR count). The predicted molar refractivity (Wildman–Crippen MR) is 69.6 cm³/mol. The summed E-state index contributed by atoms with van der Waals surface area (Å²) < 4.78 is 16.1. The highest BCUT2D eigenvalue weighted by Crippen LogP contribution is 2.16. The fourth-order valence-corrected chi connectivity index (χ4v) is 1.75. The Balaban J connectivity index is 1.96. The summed E-state index contributed by atoms with van der Waals surface area (Å²) in [7, 11) is 1.52. The summed E-state index contributed by atoms with van der Waals surface area (Å²) in [6.07, 6.45) is 3.22. The van der Waals surface area contributed by atoms with E-state index in [1.807, 2.05) is 0 Å². The van der Waals surface area contributed by atoms with E-state index < -0.39 is 0 Å². The van der Waals surface area contributed by atoms with Crippen molar-refractivity contribution < 1.29 is 14.2 Å². The van der Waals surface area contributed by atoms with E-state index in [9.17, 15) is 0 Å². The van der Waals surface area contributed by atoms with Crippen molar-refractivity contribution in [1.82, 2.24) is 15.0 Å². The van der Waals surface area contributed by atoms with Crippen molar-refractivity contribution in [3.63, 3.8) is 0 Å². The Hall–Kier alpha value is -1.63. The Labute approximate surface area is 112 Å². The zero-order chi connectivity index (χ0) is 13.5. The largest absolute Gasteiger partial charge is 0.467 e. The lowest BCUT2D eigenvalue weighted by molar-refractivity contribution is 0.0642. The fraction of sp³-hybridized carbons (Fsp3) is 0.750. The normalized spacial score (nSPS) is 18.3. The Morgan fingerprint density at radius 2 is 2.16 bits per heavy atom. The Bertz CT molecular complexity index is 397. The van der Waals surface area contributed by atoms with Crippen LogP contribution in [0.4, 0.5) is 5.95 Å². The second-order valence-corrected chi connectivity index (χ2v) is 4.30. The SMILES string of the molecule is CCCNc1nc(OC)nc(OCC2CCCO2)n1. The summed E-state index contributed by atoms with van der Waals surface area (Å²) in [6, 6.07) is 0.511. The zero-order valence-corrected chi connectivity index (χ0v) is 11.4. The van der Waals surface area contributed by atoms with Crippen LogP contribution in [0.15, 0.2) is 0 Å². The minimum Gasteiger partial charge on any atom is -0.467 e. The molecule has 1 aromatic rings. The maximum Gasteiger partial charge on any atom is 0.324 e. The number of ether oxygens (including phenoxy) is 3. The first-order chi connectivity index (χ1) is 9.31. The Kier molecular flexibility index (Phi) is 5.14. The molecule has 0 aromatic carbocycles. The molecule has 1 unspecified atom stereocenters. The molecule has 106 valence electrons. The molecule has 1 aromatic heterocycles. The number of aromatic nitrogens is 3. The lowest BCUT2D eigenvalue weighted by atomic mass is 10.2. The third-order valence-electron chi connectivity index (χ3n) is 2.73. The highest BCUT2D eigenvalue weighted by Gasteiger charge is 2.17. The zero-order valence-electron chi connectivity index (χ0n) is 11.4. The number of hydrogen-bond acceptors (Lipinski definition) is 7. The molecule has 19 heavy (non-hydrogen) atoms. The number of rotatable bonds is 7. The third kappa shape index (κ3) is 4.20. The third-order valence-corrected chi connectivity index (χ3v) is 2.73. The van der Waals surface area contributed by atoms with Crippen LogP contribution in [-0.2, 0) is 4.74 Å². The molecular formula is C12H20N4O3. The van der Waals surface area contributed by atoms with E-state index in [0.29, 0.717) is 12.6 Å². The molecule has 0 aliphatic carbocycles. The van der Waals surface area contributed by atoms with E-state index in [0.717, 1.165) is 32.4 Å². The molecule has 0 radical (unpaired) electrons. The number of methoxy groups -OCH3 is 1. The van der Waals surface area contributed by atoms with Crippen molar-refractivity contribution in [2.24, 2.45) is 0 Å². The first-order valence-electron chi connectivity index (χ1n) is 6.60. The van der Waals surface area contributed by atoms with Crippen LogP contribution in [0, 0.1) is 0 Å². The van der Waals surface area contributed by atoms with Crippen LogP contribution in [0.5, 0.6) is 12.0 Å². The average molecular weight is 268 g/mol. The number of anilines is 1. The molecular weight excluding hydrogens is 248 g/mol. The molecule has 1 N–H and O–H groups in total. The van der Waals surface area contributed by atoms with Crippen molar-refractivity contribution in [3.05, 3.63) is 0 Å². The van der Waals surface area contributed by atoms with Crippen molar-refractivity contribution in [1.29, 1.82) is 0 Å². The number of nitrogens with one attached hydrogen (secondary N) is 1. The summed E-state index contributed by atoms with van der Waals surface area (Å²) in [5.74, 6) is 0.469. The van der Waals surface area contributed by atoms with Crippen LogP contribution in [-0.4, -0.2) is 47.9 Å². The molecule has 1 aliphatic rings. The van der Waals surface area contributed by atoms with Gasteiger partial charge >= 0.3 is 12.0 Å². The van der Waals surface area contributed by atoms with Gasteiger partial charge in [0, 0.05) is 13.2 Å². The van der Waals surface area contributed by atoms with Gasteiger partial charge < -0.3 is 19.5 Å². The molecule has 1 fully saturated rings. The highest BCUT2D eigenvalue weighted by molar-refractivity contribution is 5.27. The van der Waals surface area contributed by atoms with Gasteiger partial charge in [-0.1, -0.05) is 6.92 Å². The molecule has 0 bridgehead atoms. The monoisotopic (exact) mass is 268 g/mol. The van der Waals surface area contributed by atoms with E-state index in [1.165, 1.54) is 7.11 Å². The lowest BCUT2D eigenvalue weighted by Crippen LogP contribution is -2.18. The van der Waals surface area contributed by atoms with Crippen molar-refractivity contribution in [3.8, 4) is 12.0 Å². The van der Waals surface area contributed by atoms with Crippen LogP contribution >= 0.6 is 0 Å². The van der Waals surface area contributed by atoms with Gasteiger partial charge in [-0.05, 0) is 19.3 Å². The van der Waals surface area contributed by atoms with Crippen molar-refractivity contribution in [2.45, 2.75) is 32.3 Å². The number of hydrogen-bond donors (Lipinski definition) is 1. The molecule has 1 saturated heterocycles. The molecule has 7 nitrogen and oxygen atoms in total. The van der Waals surface area contributed by atoms with Crippen LogP contribution in [0.2, 0.25) is 0 Å². The lowest BCUT2D eigenvalue weighted by Gasteiger charge is -2.11. The molecule has 0 amide bonds. The van der Waals surface area contributed by atoms with Crippen LogP contribution in [0.1, 0.15) is 26.2 Å². The van der Waals surface area contributed by atoms with Crippen LogP contribution in [0.25, 0.3) is 0 Å². The number of nitrogens with zero attached hydrogens (tertiary/aromatic N) is 3. The van der Waals surface area contributed by atoms with E-state index in [2.05, 4.69) is 27.2 Å². The van der Waals surface area contributed by atoms with Gasteiger partial charge in [0.1, 0.15) is 6.61 Å². The molecule has 1 atom stereocenters. The van der Waals surface area contributed by atoms with E-state index >= 15 is 0 Å². The summed E-state index contributed by atoms with van der Waals surface area (Å²) in [4.78, 5) is 12.3. The van der Waals surface area contributed by atoms with Gasteiger partial charge in [0.15, 0.2) is 0 Å². The molecule has 0 spiro atoms. The van der Waals surface area contributed by atoms with E-state index in [-0.39, 0.29) is 18.1 Å². The van der Waals surface area contributed by atoms with E-state index in [4.69, 9.17) is 14.2 Å². The summed E-state index contributed by atoms with van der Waals surface area (Å²) in [6.45, 7) is 4.12. The summed E-state index contributed by atoms with van der Waals surface area (Å²) >= 11 is 0. The van der Waals surface area contributed by atoms with Gasteiger partial charge in [-0.15, -0.1) is 4.98 Å². The van der Waals surface area contributed by atoms with Gasteiger partial charge in [-0.2, -0.15) is 9.97 Å². The quantitative estimate of drug-likeness (QED) is 0.797. The maximum absolute atomic E-state index is 5.55. The minimum atomic E-state index is 0.134. The van der Waals surface area contributed by atoms with Gasteiger partial charge in [0.05, 0.1) is 13.2 Å². The Morgan fingerprint density at radius 1 is 1.32 bits per heavy atom. The van der Waals surface area contributed by atoms with Crippen molar-refractivity contribution >= 4 is 5.95 Å². The topological polar surface area (TPSA) is 78.4 Å². The maximum atomic E-state index is 5.55. The van der Waals surface area contributed by atoms with Gasteiger partial charge in [0.2, 0.25) is 5.95 Å². The van der Waals surface area contributed by atoms with Gasteiger partial charge in [0.25, 0.3) is 0 Å². The summed E-state index contributed by atoms with van der Waals surface area (Å²) in [5, 5.41) is 3.08. The second kappa shape index (κ2) is 7.08. The summed E-state index contributed by atoms with van der Waals surface area (Å²) in [5.41, 5.74) is 0. The molecule has 7 heteroatoms.